The maximum Gasteiger partial charge on any atom is 0.356 e. The number of hydrogen-bond donors (Lipinski definition) is 2. The highest BCUT2D eigenvalue weighted by Gasteiger charge is 2.29. The molecule has 1 heterocycles. The number of ether oxygens (including phenoxy) is 2. The summed E-state index contributed by atoms with van der Waals surface area (Å²) in [7, 11) is 0. The standard InChI is InChI=1S/C24H39N3O5/c1-24(2,3)16-32-22-13-19(23(29)30)26-27(22)14-21(28)25-18-11-7-8-12-20(18)31-15-17-9-5-4-6-10-17/h13,17-18,20H,4-12,14-16H2,1-3H3,(H,25,28)(H,29,30)/t18-,20-/m0/s1. The lowest BCUT2D eigenvalue weighted by Gasteiger charge is -2.34. The second-order valence-corrected chi connectivity index (χ2v) is 10.5. The van der Waals surface area contributed by atoms with Gasteiger partial charge in [-0.05, 0) is 37.0 Å². The van der Waals surface area contributed by atoms with Crippen LogP contribution < -0.4 is 10.1 Å². The molecule has 0 saturated heterocycles. The molecule has 0 spiro atoms. The zero-order valence-electron chi connectivity index (χ0n) is 19.8. The summed E-state index contributed by atoms with van der Waals surface area (Å²) < 4.78 is 13.4. The maximum atomic E-state index is 12.8. The monoisotopic (exact) mass is 449 g/mol. The van der Waals surface area contributed by atoms with Crippen molar-refractivity contribution in [3.63, 3.8) is 0 Å². The molecule has 2 atom stereocenters. The van der Waals surface area contributed by atoms with E-state index in [4.69, 9.17) is 9.47 Å². The highest BCUT2D eigenvalue weighted by Crippen LogP contribution is 2.27. The van der Waals surface area contributed by atoms with Crippen molar-refractivity contribution in [2.75, 3.05) is 13.2 Å². The molecule has 2 fully saturated rings. The Labute approximate surface area is 191 Å². The minimum absolute atomic E-state index is 0.0201. The number of carbonyl (C=O) groups is 2. The third-order valence-corrected chi connectivity index (χ3v) is 6.23. The van der Waals surface area contributed by atoms with Crippen LogP contribution in [0, 0.1) is 11.3 Å². The number of amides is 1. The van der Waals surface area contributed by atoms with Crippen molar-refractivity contribution in [1.82, 2.24) is 15.1 Å². The lowest BCUT2D eigenvalue weighted by atomic mass is 9.89. The molecule has 0 aromatic carbocycles. The van der Waals surface area contributed by atoms with E-state index in [2.05, 4.69) is 10.4 Å². The van der Waals surface area contributed by atoms with Crippen LogP contribution in [0.25, 0.3) is 0 Å². The zero-order chi connectivity index (χ0) is 23.1. The third kappa shape index (κ3) is 7.50. The fraction of sp³-hybridized carbons (Fsp3) is 0.792. The lowest BCUT2D eigenvalue weighted by Crippen LogP contribution is -2.47. The van der Waals surface area contributed by atoms with Crippen LogP contribution in [0.1, 0.15) is 89.0 Å². The van der Waals surface area contributed by atoms with E-state index in [0.717, 1.165) is 32.3 Å². The molecule has 2 aliphatic rings. The van der Waals surface area contributed by atoms with Crippen molar-refractivity contribution in [2.24, 2.45) is 11.3 Å². The number of hydrogen-bond acceptors (Lipinski definition) is 5. The van der Waals surface area contributed by atoms with Crippen LogP contribution >= 0.6 is 0 Å². The molecule has 2 N–H and O–H groups in total. The van der Waals surface area contributed by atoms with E-state index < -0.39 is 5.97 Å². The molecule has 8 heteroatoms. The number of aromatic carboxylic acids is 1. The largest absolute Gasteiger partial charge is 0.477 e. The summed E-state index contributed by atoms with van der Waals surface area (Å²) in [4.78, 5) is 24.2. The van der Waals surface area contributed by atoms with Crippen molar-refractivity contribution >= 4 is 11.9 Å². The van der Waals surface area contributed by atoms with Gasteiger partial charge in [-0.3, -0.25) is 4.79 Å². The maximum absolute atomic E-state index is 12.8. The summed E-state index contributed by atoms with van der Waals surface area (Å²) in [6, 6.07) is 1.35. The van der Waals surface area contributed by atoms with Gasteiger partial charge in [-0.25, -0.2) is 9.48 Å². The molecule has 1 aromatic heterocycles. The Balaban J connectivity index is 1.58. The Hall–Kier alpha value is -2.09. The van der Waals surface area contributed by atoms with E-state index >= 15 is 0 Å². The van der Waals surface area contributed by atoms with Gasteiger partial charge in [-0.1, -0.05) is 52.9 Å². The Bertz CT molecular complexity index is 764. The lowest BCUT2D eigenvalue weighted by molar-refractivity contribution is -0.124. The van der Waals surface area contributed by atoms with Gasteiger partial charge in [-0.2, -0.15) is 5.10 Å². The number of nitrogens with one attached hydrogen (secondary N) is 1. The molecule has 8 nitrogen and oxygen atoms in total. The Morgan fingerprint density at radius 2 is 1.81 bits per heavy atom. The number of carboxylic acids is 1. The third-order valence-electron chi connectivity index (χ3n) is 6.23. The van der Waals surface area contributed by atoms with Crippen LogP contribution in [0.2, 0.25) is 0 Å². The second kappa shape index (κ2) is 11.2. The number of carbonyl (C=O) groups excluding carboxylic acids is 1. The Morgan fingerprint density at radius 1 is 1.12 bits per heavy atom. The molecule has 32 heavy (non-hydrogen) atoms. The van der Waals surface area contributed by atoms with Gasteiger partial charge in [0, 0.05) is 12.7 Å². The average Bonchev–Trinajstić information content (AvgIpc) is 3.15. The van der Waals surface area contributed by atoms with Crippen LogP contribution in [0.3, 0.4) is 0 Å². The highest BCUT2D eigenvalue weighted by atomic mass is 16.5. The number of carboxylic acid groups (broad SMARTS) is 1. The van der Waals surface area contributed by atoms with Gasteiger partial charge in [0.15, 0.2) is 5.69 Å². The van der Waals surface area contributed by atoms with E-state index in [1.165, 1.54) is 42.9 Å². The molecule has 0 aliphatic heterocycles. The summed E-state index contributed by atoms with van der Waals surface area (Å²) >= 11 is 0. The first-order valence-corrected chi connectivity index (χ1v) is 12.1. The normalized spacial score (nSPS) is 22.5. The molecular weight excluding hydrogens is 410 g/mol. The number of nitrogens with zero attached hydrogens (tertiary/aromatic N) is 2. The highest BCUT2D eigenvalue weighted by molar-refractivity contribution is 5.85. The number of aromatic nitrogens is 2. The van der Waals surface area contributed by atoms with Gasteiger partial charge in [0.25, 0.3) is 0 Å². The van der Waals surface area contributed by atoms with Gasteiger partial charge in [-0.15, -0.1) is 0 Å². The second-order valence-electron chi connectivity index (χ2n) is 10.5. The molecule has 180 valence electrons. The van der Waals surface area contributed by atoms with Gasteiger partial charge < -0.3 is 19.9 Å². The van der Waals surface area contributed by atoms with Crippen molar-refractivity contribution in [3.8, 4) is 5.88 Å². The van der Waals surface area contributed by atoms with Gasteiger partial charge in [0.1, 0.15) is 6.54 Å². The fourth-order valence-electron chi connectivity index (χ4n) is 4.49. The van der Waals surface area contributed by atoms with E-state index in [0.29, 0.717) is 18.4 Å². The van der Waals surface area contributed by atoms with Gasteiger partial charge >= 0.3 is 5.97 Å². The molecule has 0 radical (unpaired) electrons. The molecular formula is C24H39N3O5. The first-order chi connectivity index (χ1) is 15.2. The van der Waals surface area contributed by atoms with E-state index in [1.807, 2.05) is 20.8 Å². The number of rotatable bonds is 9. The minimum Gasteiger partial charge on any atom is -0.477 e. The molecule has 1 aromatic rings. The average molecular weight is 450 g/mol. The van der Waals surface area contributed by atoms with Crippen LogP contribution in [-0.4, -0.2) is 52.1 Å². The van der Waals surface area contributed by atoms with E-state index in [9.17, 15) is 14.7 Å². The minimum atomic E-state index is -1.15. The smallest absolute Gasteiger partial charge is 0.356 e. The van der Waals surface area contributed by atoms with Crippen molar-refractivity contribution in [3.05, 3.63) is 11.8 Å². The van der Waals surface area contributed by atoms with Gasteiger partial charge in [0.05, 0.1) is 18.8 Å². The molecule has 3 rings (SSSR count). The molecule has 0 unspecified atom stereocenters. The fourth-order valence-corrected chi connectivity index (χ4v) is 4.49. The summed E-state index contributed by atoms with van der Waals surface area (Å²) in [5.41, 5.74) is -0.237. The summed E-state index contributed by atoms with van der Waals surface area (Å²) in [6.45, 7) is 7.15. The van der Waals surface area contributed by atoms with Crippen molar-refractivity contribution in [2.45, 2.75) is 97.2 Å². The summed E-state index contributed by atoms with van der Waals surface area (Å²) in [5, 5.41) is 16.5. The zero-order valence-corrected chi connectivity index (χ0v) is 19.8. The summed E-state index contributed by atoms with van der Waals surface area (Å²) in [6.07, 6.45) is 10.5. The Kier molecular flexibility index (Phi) is 8.57. The molecule has 2 saturated carbocycles. The molecule has 2 aliphatic carbocycles. The van der Waals surface area contributed by atoms with Crippen molar-refractivity contribution in [1.29, 1.82) is 0 Å². The molecule has 1 amide bonds. The quantitative estimate of drug-likeness (QED) is 0.590. The van der Waals surface area contributed by atoms with Crippen LogP contribution in [0.15, 0.2) is 6.07 Å². The van der Waals surface area contributed by atoms with Gasteiger partial charge in [0.2, 0.25) is 11.8 Å². The molecule has 0 bridgehead atoms. The first-order valence-electron chi connectivity index (χ1n) is 12.1. The van der Waals surface area contributed by atoms with E-state index in [-0.39, 0.29) is 35.7 Å². The van der Waals surface area contributed by atoms with Crippen LogP contribution in [0.4, 0.5) is 0 Å². The first kappa shape index (κ1) is 24.6. The Morgan fingerprint density at radius 3 is 2.50 bits per heavy atom. The van der Waals surface area contributed by atoms with Crippen LogP contribution in [-0.2, 0) is 16.1 Å². The predicted octanol–water partition coefficient (Wildman–Crippen LogP) is 4.03. The topological polar surface area (TPSA) is 103 Å². The van der Waals surface area contributed by atoms with E-state index in [1.54, 1.807) is 0 Å². The summed E-state index contributed by atoms with van der Waals surface area (Å²) in [5.74, 6) is -0.415. The van der Waals surface area contributed by atoms with Crippen LogP contribution in [0.5, 0.6) is 5.88 Å². The predicted molar refractivity (Wildman–Crippen MR) is 121 cm³/mol. The SMILES string of the molecule is CC(C)(C)COc1cc(C(=O)O)nn1CC(=O)N[C@H]1CCCC[C@@H]1OCC1CCCCC1. The van der Waals surface area contributed by atoms with Crippen molar-refractivity contribution < 1.29 is 24.2 Å².